The lowest BCUT2D eigenvalue weighted by atomic mass is 10.0. The number of nitrogens with zero attached hydrogens (tertiary/aromatic N) is 1. The predicted molar refractivity (Wildman–Crippen MR) is 89.4 cm³/mol. The van der Waals surface area contributed by atoms with Gasteiger partial charge in [0.1, 0.15) is 6.54 Å². The average Bonchev–Trinajstić information content (AvgIpc) is 2.47. The summed E-state index contributed by atoms with van der Waals surface area (Å²) in [6.07, 6.45) is 7.54. The molecule has 0 radical (unpaired) electrons. The Bertz CT molecular complexity index is 374. The van der Waals surface area contributed by atoms with E-state index in [4.69, 9.17) is 10.5 Å². The van der Waals surface area contributed by atoms with Crippen LogP contribution >= 0.6 is 0 Å². The Morgan fingerprint density at radius 2 is 1.74 bits per heavy atom. The van der Waals surface area contributed by atoms with Gasteiger partial charge in [-0.15, -0.1) is 0 Å². The maximum Gasteiger partial charge on any atom is 0.323 e. The number of amides is 1. The molecule has 23 heavy (non-hydrogen) atoms. The van der Waals surface area contributed by atoms with Crippen molar-refractivity contribution in [1.82, 2.24) is 10.2 Å². The lowest BCUT2D eigenvalue weighted by Gasteiger charge is -2.17. The molecule has 7 heteroatoms. The fourth-order valence-corrected chi connectivity index (χ4v) is 2.18. The number of hydrogen-bond donors (Lipinski definition) is 4. The third kappa shape index (κ3) is 12.6. The molecule has 0 aliphatic carbocycles. The number of nitrogens with one attached hydrogen (secondary N) is 2. The second kappa shape index (κ2) is 12.9. The quantitative estimate of drug-likeness (QED) is 0.248. The number of rotatable bonds is 12. The molecule has 0 saturated carbocycles. The normalized spacial score (nSPS) is 11.8. The van der Waals surface area contributed by atoms with Crippen LogP contribution in [0.15, 0.2) is 0 Å². The monoisotopic (exact) mass is 329 g/mol. The number of aliphatic hydroxyl groups excluding tert-OH is 1. The summed E-state index contributed by atoms with van der Waals surface area (Å²) in [7, 11) is 1.45. The first kappa shape index (κ1) is 21.4. The van der Waals surface area contributed by atoms with Crippen molar-refractivity contribution in [3.63, 3.8) is 0 Å². The van der Waals surface area contributed by atoms with Gasteiger partial charge in [0.2, 0.25) is 5.91 Å². The van der Waals surface area contributed by atoms with Crippen LogP contribution in [0, 0.1) is 5.41 Å². The van der Waals surface area contributed by atoms with Crippen molar-refractivity contribution < 1.29 is 19.8 Å². The molecule has 0 aromatic rings. The zero-order valence-corrected chi connectivity index (χ0v) is 14.3. The molecule has 0 fully saturated rings. The van der Waals surface area contributed by atoms with Crippen molar-refractivity contribution in [1.29, 1.82) is 5.41 Å². The molecule has 0 aromatic carbocycles. The molecule has 0 saturated heterocycles. The van der Waals surface area contributed by atoms with Gasteiger partial charge < -0.3 is 15.1 Å². The zero-order chi connectivity index (χ0) is 17.7. The minimum Gasteiger partial charge on any atom is -0.480 e. The Morgan fingerprint density at radius 3 is 2.35 bits per heavy atom. The Kier molecular flexibility index (Phi) is 12.0. The van der Waals surface area contributed by atoms with E-state index in [-0.39, 0.29) is 24.5 Å². The number of hydrogen-bond acceptors (Lipinski definition) is 4. The van der Waals surface area contributed by atoms with Crippen molar-refractivity contribution in [2.45, 2.75) is 70.8 Å². The van der Waals surface area contributed by atoms with Gasteiger partial charge in [0.25, 0.3) is 0 Å². The highest BCUT2D eigenvalue weighted by Gasteiger charge is 2.11. The summed E-state index contributed by atoms with van der Waals surface area (Å²) in [6.45, 7) is 1.79. The molecule has 1 amide bonds. The van der Waals surface area contributed by atoms with Crippen LogP contribution in [0.3, 0.4) is 0 Å². The van der Waals surface area contributed by atoms with Crippen LogP contribution in [0.2, 0.25) is 0 Å². The Hall–Kier alpha value is -1.63. The van der Waals surface area contributed by atoms with Crippen LogP contribution in [0.4, 0.5) is 0 Å². The minimum atomic E-state index is -1.05. The summed E-state index contributed by atoms with van der Waals surface area (Å²) < 4.78 is 0. The van der Waals surface area contributed by atoms with E-state index in [1.807, 2.05) is 0 Å². The summed E-state index contributed by atoms with van der Waals surface area (Å²) in [4.78, 5) is 23.3. The van der Waals surface area contributed by atoms with Crippen LogP contribution < -0.4 is 5.32 Å². The molecule has 4 N–H and O–H groups in total. The molecule has 0 spiro atoms. The topological polar surface area (TPSA) is 114 Å². The highest BCUT2D eigenvalue weighted by Crippen LogP contribution is 2.11. The largest absolute Gasteiger partial charge is 0.480 e. The van der Waals surface area contributed by atoms with Crippen LogP contribution in [0.5, 0.6) is 0 Å². The summed E-state index contributed by atoms with van der Waals surface area (Å²) in [5.74, 6) is -1.51. The second-order valence-electron chi connectivity index (χ2n) is 5.90. The zero-order valence-electron chi connectivity index (χ0n) is 14.3. The summed E-state index contributed by atoms with van der Waals surface area (Å²) >= 11 is 0. The molecule has 1 unspecified atom stereocenters. The molecule has 0 aliphatic heterocycles. The van der Waals surface area contributed by atoms with E-state index in [9.17, 15) is 14.7 Å². The van der Waals surface area contributed by atoms with E-state index in [1.54, 1.807) is 0 Å². The molecule has 0 bridgehead atoms. The maximum absolute atomic E-state index is 11.6. The van der Waals surface area contributed by atoms with Crippen LogP contribution in [0.25, 0.3) is 0 Å². The van der Waals surface area contributed by atoms with Gasteiger partial charge in [-0.25, -0.2) is 0 Å². The fourth-order valence-electron chi connectivity index (χ4n) is 2.18. The standard InChI is InChI=1S/C16H31N3O4/c1-3-4-9-13(20)10-7-5-6-8-11-14(21)18-16(17)19(2)12-15(22)23/h13,20H,3-12H2,1-2H3,(H,22,23)(H2,17,18,21). The van der Waals surface area contributed by atoms with Crippen molar-refractivity contribution in [3.8, 4) is 0 Å². The lowest BCUT2D eigenvalue weighted by molar-refractivity contribution is -0.137. The van der Waals surface area contributed by atoms with Crippen LogP contribution in [-0.2, 0) is 9.59 Å². The van der Waals surface area contributed by atoms with E-state index in [0.29, 0.717) is 6.42 Å². The first-order valence-corrected chi connectivity index (χ1v) is 8.36. The second-order valence-corrected chi connectivity index (χ2v) is 5.90. The Labute approximate surface area is 138 Å². The summed E-state index contributed by atoms with van der Waals surface area (Å²) in [5.41, 5.74) is 0. The van der Waals surface area contributed by atoms with Gasteiger partial charge in [-0.1, -0.05) is 39.0 Å². The van der Waals surface area contributed by atoms with Crippen molar-refractivity contribution in [3.05, 3.63) is 0 Å². The number of carbonyl (C=O) groups excluding carboxylic acids is 1. The van der Waals surface area contributed by atoms with E-state index in [1.165, 1.54) is 7.05 Å². The van der Waals surface area contributed by atoms with E-state index < -0.39 is 5.97 Å². The number of aliphatic hydroxyl groups is 1. The number of likely N-dealkylation sites (N-methyl/N-ethyl adjacent to an activating group) is 1. The Morgan fingerprint density at radius 1 is 1.13 bits per heavy atom. The van der Waals surface area contributed by atoms with E-state index in [0.717, 1.165) is 56.3 Å². The average molecular weight is 329 g/mol. The molecule has 134 valence electrons. The van der Waals surface area contributed by atoms with Crippen molar-refractivity contribution in [2.24, 2.45) is 0 Å². The van der Waals surface area contributed by atoms with Crippen LogP contribution in [-0.4, -0.2) is 52.6 Å². The molecular formula is C16H31N3O4. The highest BCUT2D eigenvalue weighted by molar-refractivity contribution is 5.96. The predicted octanol–water partition coefficient (Wildman–Crippen LogP) is 1.95. The Balaban J connectivity index is 3.63. The van der Waals surface area contributed by atoms with Gasteiger partial charge in [-0.3, -0.25) is 20.3 Å². The number of carboxylic acid groups (broad SMARTS) is 1. The number of unbranched alkanes of at least 4 members (excludes halogenated alkanes) is 4. The van der Waals surface area contributed by atoms with Gasteiger partial charge in [-0.2, -0.15) is 0 Å². The summed E-state index contributed by atoms with van der Waals surface area (Å²) in [6, 6.07) is 0. The number of aliphatic carboxylic acids is 1. The number of carbonyl (C=O) groups is 2. The van der Waals surface area contributed by atoms with E-state index >= 15 is 0 Å². The van der Waals surface area contributed by atoms with Gasteiger partial charge in [0.15, 0.2) is 5.96 Å². The lowest BCUT2D eigenvalue weighted by Crippen LogP contribution is -2.43. The van der Waals surface area contributed by atoms with Gasteiger partial charge in [-0.05, 0) is 19.3 Å². The van der Waals surface area contributed by atoms with Crippen LogP contribution in [0.1, 0.15) is 64.7 Å². The third-order valence-corrected chi connectivity index (χ3v) is 3.59. The fraction of sp³-hybridized carbons (Fsp3) is 0.812. The number of guanidine groups is 1. The first-order valence-electron chi connectivity index (χ1n) is 8.36. The minimum absolute atomic E-state index is 0.198. The van der Waals surface area contributed by atoms with Crippen molar-refractivity contribution in [2.75, 3.05) is 13.6 Å². The smallest absolute Gasteiger partial charge is 0.323 e. The van der Waals surface area contributed by atoms with Gasteiger partial charge in [0.05, 0.1) is 6.10 Å². The molecule has 7 nitrogen and oxygen atoms in total. The summed E-state index contributed by atoms with van der Waals surface area (Å²) in [5, 5.41) is 28.3. The molecule has 0 aliphatic rings. The number of carboxylic acids is 1. The van der Waals surface area contributed by atoms with Gasteiger partial charge >= 0.3 is 5.97 Å². The molecule has 0 aromatic heterocycles. The molecular weight excluding hydrogens is 298 g/mol. The molecule has 0 heterocycles. The SMILES string of the molecule is CCCCC(O)CCCCCCC(=O)NC(=N)N(C)CC(=O)O. The molecule has 1 atom stereocenters. The third-order valence-electron chi connectivity index (χ3n) is 3.59. The maximum atomic E-state index is 11.6. The highest BCUT2D eigenvalue weighted by atomic mass is 16.4. The van der Waals surface area contributed by atoms with E-state index in [2.05, 4.69) is 12.2 Å². The first-order chi connectivity index (χ1) is 10.9. The van der Waals surface area contributed by atoms with Crippen molar-refractivity contribution >= 4 is 17.8 Å². The van der Waals surface area contributed by atoms with Gasteiger partial charge in [0, 0.05) is 13.5 Å². The molecule has 0 rings (SSSR count).